The molecule has 66 heavy (non-hydrogen) atoms. The molecule has 9 atom stereocenters. The zero-order chi connectivity index (χ0) is 50.2. The van der Waals surface area contributed by atoms with Gasteiger partial charge in [0.2, 0.25) is 11.8 Å². The topological polar surface area (TPSA) is 294 Å². The Balaban J connectivity index is -0.000000256. The van der Waals surface area contributed by atoms with Crippen LogP contribution in [0.15, 0.2) is 0 Å². The molecule has 1 unspecified atom stereocenters. The van der Waals surface area contributed by atoms with E-state index in [1.807, 2.05) is 27.7 Å². The van der Waals surface area contributed by atoms with Crippen LogP contribution in [-0.4, -0.2) is 150 Å². The van der Waals surface area contributed by atoms with Gasteiger partial charge in [-0.15, -0.1) is 0 Å². The molecule has 0 aromatic heterocycles. The molecule has 2 heterocycles. The number of hydrogen-bond acceptors (Lipinski definition) is 13. The van der Waals surface area contributed by atoms with E-state index in [0.717, 1.165) is 25.2 Å². The standard InChI is InChI=1S/C14H24N2O4.C13H22N2O5.C8H14O.C7H13NO4.CH3F.CH4.Li.H2O/c1-8(2)12(15-14(19)20-5)13(18)16-9(3)6-7-11(16)10(4)17;1-7(2)10(14-13(19)20-4)11(16)15-8(3)5-6-9(15)12(17)18;1-6-3-4-8(5-6)7(2)9;1-4(2)5(6(9)10)8-7(11)12-3;1-2;;;/h8-9,11-12H,6-7H2,1-5H3,(H,15,19);7-10H,5-6H2,1-4H3,(H,14,19)(H,17,18);6,8H,3-5H2,1-2H3;4-5H,1-3H3,(H,8,11)(H,9,10);1H3;1H4;;1H2/q;;;;;;+1;/p-1/t9-,11-,12-;8-,9-,10-;6-,8+;;;;;/m000...../s1/i;;;;1D;;;. The average molecular weight is 947 g/mol. The molecule has 3 rings (SSSR count). The van der Waals surface area contributed by atoms with Crippen molar-refractivity contribution < 1.29 is 97.7 Å². The fraction of sp³-hybridized carbons (Fsp3) is 0.795. The van der Waals surface area contributed by atoms with Gasteiger partial charge in [-0.25, -0.2) is 24.0 Å². The number of methoxy groups -OCH3 is 3. The number of likely N-dealkylation sites (tertiary alicyclic amines) is 2. The van der Waals surface area contributed by atoms with E-state index in [1.165, 1.54) is 39.6 Å². The van der Waals surface area contributed by atoms with Crippen LogP contribution in [0.1, 0.15) is 130 Å². The number of aliphatic carboxylic acids is 2. The van der Waals surface area contributed by atoms with E-state index in [0.29, 0.717) is 31.0 Å². The van der Waals surface area contributed by atoms with Crippen molar-refractivity contribution in [3.8, 4) is 0 Å². The third kappa shape index (κ3) is 23.8. The van der Waals surface area contributed by atoms with Gasteiger partial charge >= 0.3 is 49.1 Å². The van der Waals surface area contributed by atoms with Gasteiger partial charge in [0, 0.05) is 18.0 Å². The Bertz CT molecular complexity index is 1470. The Kier molecular flexibility index (Phi) is 36.8. The number of alkyl carbamates (subject to hydrolysis) is 3. The van der Waals surface area contributed by atoms with Crippen molar-refractivity contribution in [2.24, 2.45) is 29.6 Å². The number of hydrogen-bond donors (Lipinski definition) is 5. The molecular formula is C44H81FLiN5O15. The van der Waals surface area contributed by atoms with Gasteiger partial charge in [0.15, 0.2) is 5.78 Å². The molecule has 22 heteroatoms. The summed E-state index contributed by atoms with van der Waals surface area (Å²) in [5, 5.41) is 25.1. The van der Waals surface area contributed by atoms with E-state index in [4.69, 9.17) is 6.48 Å². The zero-order valence-electron chi connectivity index (χ0n) is 42.1. The number of carbonyl (C=O) groups is 9. The molecule has 5 amide bonds. The number of nitrogens with zero attached hydrogens (tertiary/aromatic N) is 2. The smallest absolute Gasteiger partial charge is 0.870 e. The van der Waals surface area contributed by atoms with Crippen molar-refractivity contribution in [1.29, 1.82) is 0 Å². The number of carboxylic acid groups (broad SMARTS) is 2. The molecule has 380 valence electrons. The molecule has 3 aliphatic rings. The van der Waals surface area contributed by atoms with Crippen LogP contribution < -0.4 is 34.8 Å². The fourth-order valence-corrected chi connectivity index (χ4v) is 7.35. The van der Waals surface area contributed by atoms with Crippen LogP contribution in [0.5, 0.6) is 0 Å². The Hall–Kier alpha value is -4.48. The summed E-state index contributed by atoms with van der Waals surface area (Å²) in [5.74, 6) is -1.49. The van der Waals surface area contributed by atoms with Gasteiger partial charge in [0.1, 0.15) is 30.0 Å². The second kappa shape index (κ2) is 35.7. The van der Waals surface area contributed by atoms with Gasteiger partial charge in [-0.05, 0) is 96.3 Å². The Morgan fingerprint density at radius 3 is 1.18 bits per heavy atom. The third-order valence-corrected chi connectivity index (χ3v) is 11.0. The van der Waals surface area contributed by atoms with E-state index in [2.05, 4.69) is 37.1 Å². The third-order valence-electron chi connectivity index (χ3n) is 11.0. The molecule has 6 N–H and O–H groups in total. The zero-order valence-corrected chi connectivity index (χ0v) is 41.1. The number of halogens is 1. The van der Waals surface area contributed by atoms with Crippen molar-refractivity contribution in [3.05, 3.63) is 0 Å². The van der Waals surface area contributed by atoms with E-state index >= 15 is 0 Å². The quantitative estimate of drug-likeness (QED) is 0.139. The number of alkyl halides is 1. The maximum atomic E-state index is 12.7. The largest absolute Gasteiger partial charge is 1.00 e. The minimum absolute atomic E-state index is 0. The maximum absolute atomic E-state index is 12.7. The monoisotopic (exact) mass is 947 g/mol. The number of ether oxygens (including phenoxy) is 3. The molecule has 0 spiro atoms. The molecule has 0 aromatic rings. The first-order valence-electron chi connectivity index (χ1n) is 21.9. The molecule has 2 saturated heterocycles. The summed E-state index contributed by atoms with van der Waals surface area (Å²) in [7, 11) is 2.67. The summed E-state index contributed by atoms with van der Waals surface area (Å²) in [6.45, 7) is 19.9. The number of amides is 5. The maximum Gasteiger partial charge on any atom is 1.00 e. The summed E-state index contributed by atoms with van der Waals surface area (Å²) in [4.78, 5) is 106. The van der Waals surface area contributed by atoms with E-state index < -0.39 is 61.5 Å². The predicted octanol–water partition coefficient (Wildman–Crippen LogP) is 2.68. The number of carboxylic acids is 2. The Morgan fingerprint density at radius 1 is 0.606 bits per heavy atom. The number of Topliss-reactive ketones (excluding diaryl/α,β-unsaturated/α-hetero) is 2. The second-order valence-corrected chi connectivity index (χ2v) is 17.0. The molecule has 20 nitrogen and oxygen atoms in total. The normalized spacial score (nSPS) is 21.6. The minimum Gasteiger partial charge on any atom is -0.870 e. The summed E-state index contributed by atoms with van der Waals surface area (Å²) >= 11 is 0. The average Bonchev–Trinajstić information content (AvgIpc) is 3.95. The Labute approximate surface area is 404 Å². The van der Waals surface area contributed by atoms with Crippen LogP contribution in [0.25, 0.3) is 0 Å². The first-order valence-corrected chi connectivity index (χ1v) is 21.2. The molecule has 0 aromatic carbocycles. The number of ketones is 2. The van der Waals surface area contributed by atoms with Crippen LogP contribution >= 0.6 is 0 Å². The SMILES string of the molecule is C.CC(=O)[C@@H]1CC[C@H](C)C1.COC(=O)NC(C(=O)O)C(C)C.COC(=O)N[C@H](C(=O)N1[C@@H](C)CC[C@H]1C(=O)O)C(C)C.COC(=O)N[C@H](C(=O)N1[C@@H](C)CC[C@H]1C(C)=O)C(C)C.[2H]CF.[Li+].[OH-]. The van der Waals surface area contributed by atoms with Crippen molar-refractivity contribution in [2.75, 3.05) is 28.5 Å². The second-order valence-electron chi connectivity index (χ2n) is 17.0. The van der Waals surface area contributed by atoms with Gasteiger partial charge < -0.3 is 55.7 Å². The number of carbonyl (C=O) groups excluding carboxylic acids is 7. The van der Waals surface area contributed by atoms with E-state index in [9.17, 15) is 52.6 Å². The number of nitrogens with one attached hydrogen (secondary N) is 3. The molecular weight excluding hydrogens is 864 g/mol. The fourth-order valence-electron chi connectivity index (χ4n) is 7.35. The molecule has 0 bridgehead atoms. The molecule has 0 radical (unpaired) electrons. The summed E-state index contributed by atoms with van der Waals surface area (Å²) in [6.07, 6.45) is 4.03. The first kappa shape index (κ1) is 68.1. The first-order chi connectivity index (χ1) is 29.7. The summed E-state index contributed by atoms with van der Waals surface area (Å²) in [6, 6.07) is -3.69. The van der Waals surface area contributed by atoms with E-state index in [1.54, 1.807) is 39.5 Å². The molecule has 2 aliphatic heterocycles. The van der Waals surface area contributed by atoms with Crippen molar-refractivity contribution in [3.63, 3.8) is 0 Å². The van der Waals surface area contributed by atoms with Crippen molar-refractivity contribution in [2.45, 2.75) is 171 Å². The van der Waals surface area contributed by atoms with Crippen LogP contribution in [0.2, 0.25) is 0 Å². The van der Waals surface area contributed by atoms with Gasteiger partial charge in [-0.3, -0.25) is 23.6 Å². The van der Waals surface area contributed by atoms with Crippen LogP contribution in [-0.2, 0) is 43.0 Å². The predicted molar refractivity (Wildman–Crippen MR) is 240 cm³/mol. The summed E-state index contributed by atoms with van der Waals surface area (Å²) < 4.78 is 28.8. The molecule has 1 saturated carbocycles. The van der Waals surface area contributed by atoms with Crippen LogP contribution in [0.3, 0.4) is 0 Å². The van der Waals surface area contributed by atoms with Gasteiger partial charge in [0.25, 0.3) is 0 Å². The van der Waals surface area contributed by atoms with Crippen LogP contribution in [0.4, 0.5) is 18.8 Å². The van der Waals surface area contributed by atoms with Gasteiger partial charge in [-0.2, -0.15) is 0 Å². The van der Waals surface area contributed by atoms with Gasteiger partial charge in [-0.1, -0.05) is 55.9 Å². The van der Waals surface area contributed by atoms with Gasteiger partial charge in [0.05, 0.1) is 35.9 Å². The molecule has 1 aliphatic carbocycles. The number of rotatable bonds is 12. The molecule has 3 fully saturated rings. The minimum atomic E-state index is -1.06. The van der Waals surface area contributed by atoms with Crippen molar-refractivity contribution >= 4 is 53.6 Å². The van der Waals surface area contributed by atoms with E-state index in [-0.39, 0.29) is 85.2 Å². The summed E-state index contributed by atoms with van der Waals surface area (Å²) in [5.41, 5.74) is 0. The van der Waals surface area contributed by atoms with Crippen molar-refractivity contribution in [1.82, 2.24) is 25.8 Å². The Morgan fingerprint density at radius 2 is 0.939 bits per heavy atom. The van der Waals surface area contributed by atoms with Crippen LogP contribution in [0, 0.1) is 29.6 Å².